The average Bonchev–Trinajstić information content (AvgIpc) is 3.00. The van der Waals surface area contributed by atoms with Crippen LogP contribution in [0.15, 0.2) is 23.9 Å². The van der Waals surface area contributed by atoms with E-state index >= 15 is 8.78 Å². The summed E-state index contributed by atoms with van der Waals surface area (Å²) in [7, 11) is 0. The number of alkyl halides is 1. The van der Waals surface area contributed by atoms with Gasteiger partial charge in [0.1, 0.15) is 17.3 Å². The topological polar surface area (TPSA) is 19.0 Å². The maximum atomic E-state index is 15.2. The maximum absolute atomic E-state index is 15.2. The predicted octanol–water partition coefficient (Wildman–Crippen LogP) is 3.83. The number of benzene rings is 1. The Morgan fingerprint density at radius 2 is 1.97 bits per heavy atom. The highest BCUT2D eigenvalue weighted by Gasteiger charge is 2.37. The van der Waals surface area contributed by atoms with Crippen molar-refractivity contribution in [2.24, 2.45) is 0 Å². The molecule has 0 radical (unpaired) electrons. The molecule has 29 heavy (non-hydrogen) atoms. The van der Waals surface area contributed by atoms with E-state index in [-0.39, 0.29) is 12.1 Å². The Morgan fingerprint density at radius 3 is 2.62 bits per heavy atom. The summed E-state index contributed by atoms with van der Waals surface area (Å²) in [4.78, 5) is 5.16. The zero-order valence-electron chi connectivity index (χ0n) is 17.0. The Labute approximate surface area is 168 Å². The molecule has 1 unspecified atom stereocenters. The van der Waals surface area contributed by atoms with Crippen LogP contribution in [-0.4, -0.2) is 28.6 Å². The van der Waals surface area contributed by atoms with E-state index < -0.39 is 23.3 Å². The molecule has 1 aliphatic carbocycles. The van der Waals surface area contributed by atoms with Gasteiger partial charge in [0.05, 0.1) is 16.6 Å². The van der Waals surface area contributed by atoms with Gasteiger partial charge in [0, 0.05) is 24.3 Å². The van der Waals surface area contributed by atoms with Gasteiger partial charge in [-0.3, -0.25) is 4.90 Å². The molecular weight excluding hydrogens is 373 g/mol. The number of hydrogen-bond acceptors (Lipinski definition) is 1. The van der Waals surface area contributed by atoms with Crippen LogP contribution < -0.4 is 10.6 Å². The lowest BCUT2D eigenvalue weighted by Gasteiger charge is -2.38. The maximum Gasteiger partial charge on any atom is 0.131 e. The van der Waals surface area contributed by atoms with Crippen LogP contribution in [0.5, 0.6) is 0 Å². The lowest BCUT2D eigenvalue weighted by atomic mass is 9.90. The third-order valence-corrected chi connectivity index (χ3v) is 5.51. The van der Waals surface area contributed by atoms with Gasteiger partial charge in [-0.25, -0.2) is 13.2 Å². The van der Waals surface area contributed by atoms with Gasteiger partial charge >= 0.3 is 0 Å². The van der Waals surface area contributed by atoms with Crippen LogP contribution in [0.3, 0.4) is 0 Å². The number of fused-ring (bicyclic) bond motifs is 3. The van der Waals surface area contributed by atoms with Crippen LogP contribution in [0, 0.1) is 11.6 Å². The number of allylic oxidation sites excluding steroid dienone is 1. The van der Waals surface area contributed by atoms with E-state index in [0.717, 1.165) is 22.6 Å². The van der Waals surface area contributed by atoms with E-state index in [4.69, 9.17) is 0 Å². The Hall–Kier alpha value is -2.45. The van der Waals surface area contributed by atoms with Crippen LogP contribution >= 0.6 is 0 Å². The molecular formula is C24H25F3N2. The minimum absolute atomic E-state index is 0.0226. The number of aromatic amines is 1. The molecule has 2 heterocycles. The molecule has 2 nitrogen and oxygen atoms in total. The second-order valence-electron chi connectivity index (χ2n) is 8.47. The molecule has 0 saturated carbocycles. The number of nitrogens with zero attached hydrogens (tertiary/aromatic N) is 1. The van der Waals surface area contributed by atoms with Gasteiger partial charge in [-0.05, 0) is 62.1 Å². The van der Waals surface area contributed by atoms with Gasteiger partial charge in [-0.2, -0.15) is 0 Å². The van der Waals surface area contributed by atoms with Crippen molar-refractivity contribution in [1.29, 1.82) is 0 Å². The molecule has 1 aromatic carbocycles. The molecule has 0 bridgehead atoms. The quantitative estimate of drug-likeness (QED) is 0.759. The minimum atomic E-state index is -1.49. The predicted molar refractivity (Wildman–Crippen MR) is 109 cm³/mol. The zero-order valence-corrected chi connectivity index (χ0v) is 17.0. The first-order chi connectivity index (χ1) is 13.8. The Morgan fingerprint density at radius 1 is 1.24 bits per heavy atom. The summed E-state index contributed by atoms with van der Waals surface area (Å²) in [6, 6.07) is 2.11. The molecule has 1 aromatic heterocycles. The smallest absolute Gasteiger partial charge is 0.131 e. The summed E-state index contributed by atoms with van der Waals surface area (Å²) in [5.74, 6) is -1.16. The molecule has 2 aromatic rings. The second-order valence-corrected chi connectivity index (χ2v) is 8.47. The molecule has 152 valence electrons. The van der Waals surface area contributed by atoms with Gasteiger partial charge in [0.2, 0.25) is 0 Å². The monoisotopic (exact) mass is 398 g/mol. The number of aromatic nitrogens is 1. The molecule has 2 aliphatic rings. The van der Waals surface area contributed by atoms with Crippen molar-refractivity contribution in [1.82, 2.24) is 9.88 Å². The van der Waals surface area contributed by atoms with Crippen LogP contribution in [0.2, 0.25) is 0 Å². The highest BCUT2D eigenvalue weighted by atomic mass is 19.1. The third-order valence-electron chi connectivity index (χ3n) is 5.51. The van der Waals surface area contributed by atoms with Crippen molar-refractivity contribution < 1.29 is 13.2 Å². The van der Waals surface area contributed by atoms with E-state index in [1.807, 2.05) is 17.9 Å². The first-order valence-electron chi connectivity index (χ1n) is 10.1. The Kier molecular flexibility index (Phi) is 5.08. The van der Waals surface area contributed by atoms with E-state index in [1.165, 1.54) is 26.0 Å². The molecule has 0 fully saturated rings. The summed E-state index contributed by atoms with van der Waals surface area (Å²) in [6.45, 7) is 5.55. The normalized spacial score (nSPS) is 18.2. The van der Waals surface area contributed by atoms with Gasteiger partial charge in [-0.15, -0.1) is 0 Å². The standard InChI is InChI=1S/C24H25F3N2/c1-4-7-15-12-18(25)21(19(26)13-15)23-22-17(10-11-29(23)14-24(2,3)27)16-8-5-6-9-20(16)28-22/h6,9,12-13,23,28H,4,7,10-11,14H2,1-3H3. The molecule has 0 spiro atoms. The second kappa shape index (κ2) is 7.42. The fourth-order valence-electron chi connectivity index (χ4n) is 4.46. The SMILES string of the molecule is CCCc1cc(F)c(C2c3[nH]c4c(c3CCN2CC(C)(C)F)=C=C=CC=4)c(F)c1. The molecule has 0 amide bonds. The molecule has 1 atom stereocenters. The van der Waals surface area contributed by atoms with Crippen molar-refractivity contribution in [2.45, 2.75) is 51.7 Å². The highest BCUT2D eigenvalue weighted by molar-refractivity contribution is 5.49. The average molecular weight is 398 g/mol. The summed E-state index contributed by atoms with van der Waals surface area (Å²) in [5.41, 5.74) is 6.89. The van der Waals surface area contributed by atoms with Crippen molar-refractivity contribution in [2.75, 3.05) is 13.1 Å². The highest BCUT2D eigenvalue weighted by Crippen LogP contribution is 2.37. The number of halogens is 3. The lowest BCUT2D eigenvalue weighted by Crippen LogP contribution is -2.44. The summed E-state index contributed by atoms with van der Waals surface area (Å²) in [6.07, 6.45) is 5.71. The number of rotatable bonds is 5. The van der Waals surface area contributed by atoms with E-state index in [0.29, 0.717) is 30.6 Å². The van der Waals surface area contributed by atoms with E-state index in [9.17, 15) is 4.39 Å². The van der Waals surface area contributed by atoms with E-state index in [2.05, 4.69) is 16.4 Å². The number of H-pyrrole nitrogens is 1. The van der Waals surface area contributed by atoms with Crippen molar-refractivity contribution >= 4 is 11.8 Å². The van der Waals surface area contributed by atoms with Crippen molar-refractivity contribution in [3.8, 4) is 0 Å². The largest absolute Gasteiger partial charge is 0.356 e. The first-order valence-corrected chi connectivity index (χ1v) is 10.1. The van der Waals surface area contributed by atoms with Crippen LogP contribution in [0.4, 0.5) is 13.2 Å². The molecule has 4 rings (SSSR count). The molecule has 1 N–H and O–H groups in total. The Bertz CT molecular complexity index is 1120. The van der Waals surface area contributed by atoms with Crippen LogP contribution in [0.1, 0.15) is 55.6 Å². The number of aryl methyl sites for hydroxylation is 1. The third kappa shape index (κ3) is 3.74. The fourth-order valence-corrected chi connectivity index (χ4v) is 4.46. The fraction of sp³-hybridized carbons (Fsp3) is 0.417. The van der Waals surface area contributed by atoms with Gasteiger partial charge < -0.3 is 4.98 Å². The van der Waals surface area contributed by atoms with Gasteiger partial charge in [0.15, 0.2) is 0 Å². The number of nitrogens with one attached hydrogen (secondary N) is 1. The van der Waals surface area contributed by atoms with E-state index in [1.54, 1.807) is 6.08 Å². The first kappa shape index (κ1) is 19.8. The lowest BCUT2D eigenvalue weighted by molar-refractivity contribution is 0.0959. The molecule has 1 aliphatic heterocycles. The van der Waals surface area contributed by atoms with Crippen LogP contribution in [0.25, 0.3) is 11.8 Å². The number of hydrogen-bond donors (Lipinski definition) is 1. The summed E-state index contributed by atoms with van der Waals surface area (Å²) >= 11 is 0. The molecule has 0 saturated heterocycles. The Balaban J connectivity index is 1.91. The van der Waals surface area contributed by atoms with Crippen LogP contribution in [-0.2, 0) is 12.8 Å². The van der Waals surface area contributed by atoms with Crippen molar-refractivity contribution in [3.05, 3.63) is 68.5 Å². The van der Waals surface area contributed by atoms with Gasteiger partial charge in [-0.1, -0.05) is 24.8 Å². The van der Waals surface area contributed by atoms with Gasteiger partial charge in [0.25, 0.3) is 0 Å². The summed E-state index contributed by atoms with van der Waals surface area (Å²) in [5, 5.41) is 1.73. The molecule has 5 heteroatoms. The minimum Gasteiger partial charge on any atom is -0.356 e. The van der Waals surface area contributed by atoms with Crippen molar-refractivity contribution in [3.63, 3.8) is 0 Å². The summed E-state index contributed by atoms with van der Waals surface area (Å²) < 4.78 is 44.9. The zero-order chi connectivity index (χ0) is 20.8.